The second kappa shape index (κ2) is 9.25. The number of hydrogen-bond acceptors (Lipinski definition) is 7. The van der Waals surface area contributed by atoms with E-state index in [1.807, 2.05) is 13.8 Å². The van der Waals surface area contributed by atoms with Crippen molar-refractivity contribution in [3.8, 4) is 0 Å². The van der Waals surface area contributed by atoms with Crippen LogP contribution in [0.15, 0.2) is 23.3 Å². The zero-order valence-corrected chi connectivity index (χ0v) is 22.6. The Bertz CT molecular complexity index is 1150. The first kappa shape index (κ1) is 27.5. The summed E-state index contributed by atoms with van der Waals surface area (Å²) in [5.74, 6) is -3.99. The summed E-state index contributed by atoms with van der Waals surface area (Å²) < 4.78 is 44.3. The molecule has 0 aromatic heterocycles. The first-order chi connectivity index (χ1) is 17.7. The number of carbonyl (C=O) groups excluding carboxylic acids is 4. The third kappa shape index (κ3) is 3.84. The van der Waals surface area contributed by atoms with Crippen molar-refractivity contribution in [3.63, 3.8) is 0 Å². The van der Waals surface area contributed by atoms with Crippen molar-refractivity contribution >= 4 is 35.5 Å². The Labute approximate surface area is 225 Å². The Hall–Kier alpha value is -2.07. The van der Waals surface area contributed by atoms with Gasteiger partial charge in [0.2, 0.25) is 0 Å². The average molecular weight is 553 g/mol. The fourth-order valence-electron chi connectivity index (χ4n) is 8.37. The normalized spacial score (nSPS) is 45.8. The number of allylic oxidation sites excluding steroid dienone is 3. The molecule has 10 heteroatoms. The number of cyclic esters (lactones) is 1. The van der Waals surface area contributed by atoms with Gasteiger partial charge in [0.05, 0.1) is 25.0 Å². The van der Waals surface area contributed by atoms with E-state index in [1.165, 1.54) is 13.0 Å². The Morgan fingerprint density at radius 2 is 1.92 bits per heavy atom. The van der Waals surface area contributed by atoms with Gasteiger partial charge in [-0.05, 0) is 56.1 Å². The molecule has 5 aliphatic rings. The van der Waals surface area contributed by atoms with Crippen LogP contribution >= 0.6 is 12.6 Å². The van der Waals surface area contributed by atoms with Crippen molar-refractivity contribution in [2.24, 2.45) is 34.5 Å². The zero-order valence-electron chi connectivity index (χ0n) is 21.7. The summed E-state index contributed by atoms with van der Waals surface area (Å²) in [5, 5.41) is 11.1. The second-order valence-corrected chi connectivity index (χ2v) is 12.7. The van der Waals surface area contributed by atoms with E-state index >= 15 is 8.78 Å². The number of aliphatic hydroxyl groups excluding tert-OH is 1. The van der Waals surface area contributed by atoms with Crippen molar-refractivity contribution in [2.45, 2.75) is 83.3 Å². The Balaban J connectivity index is 1.52. The Kier molecular flexibility index (Phi) is 6.69. The van der Waals surface area contributed by atoms with Crippen LogP contribution in [0.3, 0.4) is 0 Å². The number of thiol groups is 1. The quantitative estimate of drug-likeness (QED) is 0.396. The maximum absolute atomic E-state index is 17.6. The van der Waals surface area contributed by atoms with Gasteiger partial charge in [0.15, 0.2) is 16.6 Å². The van der Waals surface area contributed by atoms with Crippen LogP contribution < -0.4 is 0 Å². The molecule has 0 aromatic rings. The summed E-state index contributed by atoms with van der Waals surface area (Å²) in [5.41, 5.74) is -4.69. The molecular weight excluding hydrogens is 518 g/mol. The number of hydrogen-bond donors (Lipinski definition) is 2. The highest BCUT2D eigenvalue weighted by Crippen LogP contribution is 2.69. The van der Waals surface area contributed by atoms with Crippen molar-refractivity contribution in [3.05, 3.63) is 23.3 Å². The van der Waals surface area contributed by atoms with Gasteiger partial charge >= 0.3 is 11.9 Å². The standard InChI is InChI=1S/C28H34F2O7S/c1-13-8-16-17-9-19(29)18-10-20(31)15(14-6-7-36-25(14)35)11-27(18,3)28(17,30)21(32)12-26(16,2)24(13)37-22(33)4-5-23(34)38/h10-11,13-14,16-17,19,21,24,32H,4-9,12H2,1-3H3,(H,34,38)/t13?,14-,16-,17-,19?,21?,24?,26-,27-,28+/m0/s1. The molecule has 0 radical (unpaired) electrons. The SMILES string of the molecule is CC1C[C@H]2[C@@H]3CC(F)C4=CC(=O)C([C@@H]5CCOC5=O)=C[C@]4(C)[C@]3(F)C(O)C[C@]2(C)C1OC(=O)CCC(=O)S. The second-order valence-electron chi connectivity index (χ2n) is 12.2. The van der Waals surface area contributed by atoms with Gasteiger partial charge in [-0.2, -0.15) is 0 Å². The molecule has 1 aliphatic heterocycles. The number of ketones is 1. The lowest BCUT2D eigenvalue weighted by Crippen LogP contribution is -2.68. The van der Waals surface area contributed by atoms with E-state index < -0.39 is 75.5 Å². The van der Waals surface area contributed by atoms with Crippen LogP contribution in [-0.2, 0) is 28.7 Å². The van der Waals surface area contributed by atoms with E-state index in [4.69, 9.17) is 9.47 Å². The fourth-order valence-corrected chi connectivity index (χ4v) is 8.48. The zero-order chi connectivity index (χ0) is 27.8. The van der Waals surface area contributed by atoms with Crippen LogP contribution in [0.1, 0.15) is 59.3 Å². The minimum Gasteiger partial charge on any atom is -0.465 e. The monoisotopic (exact) mass is 552 g/mol. The summed E-state index contributed by atoms with van der Waals surface area (Å²) in [6.07, 6.45) is -0.967. The molecule has 1 N–H and O–H groups in total. The number of fused-ring (bicyclic) bond motifs is 5. The summed E-state index contributed by atoms with van der Waals surface area (Å²) in [6.45, 7) is 5.41. The van der Waals surface area contributed by atoms with Crippen LogP contribution in [-0.4, -0.2) is 58.6 Å². The van der Waals surface area contributed by atoms with Gasteiger partial charge in [-0.3, -0.25) is 19.2 Å². The van der Waals surface area contributed by atoms with Crippen molar-refractivity contribution in [2.75, 3.05) is 6.61 Å². The van der Waals surface area contributed by atoms with Gasteiger partial charge in [-0.25, -0.2) is 8.78 Å². The molecule has 7 nitrogen and oxygen atoms in total. The van der Waals surface area contributed by atoms with Crippen LogP contribution in [0.25, 0.3) is 0 Å². The van der Waals surface area contributed by atoms with Gasteiger partial charge in [0.1, 0.15) is 12.3 Å². The van der Waals surface area contributed by atoms with Gasteiger partial charge in [-0.1, -0.05) is 19.9 Å². The molecule has 10 atom stereocenters. The van der Waals surface area contributed by atoms with Gasteiger partial charge in [-0.15, -0.1) is 12.6 Å². The Morgan fingerprint density at radius 3 is 2.55 bits per heavy atom. The number of carbonyl (C=O) groups is 4. The van der Waals surface area contributed by atoms with Crippen molar-refractivity contribution in [1.29, 1.82) is 0 Å². The van der Waals surface area contributed by atoms with Crippen LogP contribution in [0, 0.1) is 34.5 Å². The van der Waals surface area contributed by atoms with Crippen LogP contribution in [0.2, 0.25) is 0 Å². The minimum absolute atomic E-state index is 0.00976. The summed E-state index contributed by atoms with van der Waals surface area (Å²) in [7, 11) is 0. The average Bonchev–Trinajstić information content (AvgIpc) is 3.36. The van der Waals surface area contributed by atoms with E-state index in [0.29, 0.717) is 6.42 Å². The molecule has 0 aromatic carbocycles. The first-order valence-corrected chi connectivity index (χ1v) is 13.8. The molecule has 4 fully saturated rings. The van der Waals surface area contributed by atoms with Crippen molar-refractivity contribution < 1.29 is 42.5 Å². The molecule has 4 aliphatic carbocycles. The Morgan fingerprint density at radius 1 is 1.21 bits per heavy atom. The number of alkyl halides is 2. The number of esters is 2. The number of halogens is 2. The van der Waals surface area contributed by atoms with Gasteiger partial charge in [0, 0.05) is 28.7 Å². The molecule has 38 heavy (non-hydrogen) atoms. The van der Waals surface area contributed by atoms with E-state index in [-0.39, 0.29) is 55.8 Å². The molecule has 1 saturated heterocycles. The lowest BCUT2D eigenvalue weighted by atomic mass is 9.45. The lowest BCUT2D eigenvalue weighted by molar-refractivity contribution is -0.212. The highest BCUT2D eigenvalue weighted by atomic mass is 32.1. The van der Waals surface area contributed by atoms with Gasteiger partial charge < -0.3 is 14.6 Å². The molecule has 208 valence electrons. The maximum atomic E-state index is 17.6. The molecule has 1 heterocycles. The topological polar surface area (TPSA) is 107 Å². The fraction of sp³-hybridized carbons (Fsp3) is 0.714. The van der Waals surface area contributed by atoms with E-state index in [2.05, 4.69) is 12.6 Å². The highest BCUT2D eigenvalue weighted by Gasteiger charge is 2.73. The molecule has 5 rings (SSSR count). The third-order valence-electron chi connectivity index (χ3n) is 10.1. The van der Waals surface area contributed by atoms with E-state index in [9.17, 15) is 24.3 Å². The predicted octanol–water partition coefficient (Wildman–Crippen LogP) is 3.63. The third-order valence-corrected chi connectivity index (χ3v) is 10.3. The summed E-state index contributed by atoms with van der Waals surface area (Å²) >= 11 is 3.69. The van der Waals surface area contributed by atoms with Crippen molar-refractivity contribution in [1.82, 2.24) is 0 Å². The smallest absolute Gasteiger partial charge is 0.313 e. The molecule has 0 bridgehead atoms. The number of rotatable bonds is 5. The lowest BCUT2D eigenvalue weighted by Gasteiger charge is -2.62. The minimum atomic E-state index is -2.31. The van der Waals surface area contributed by atoms with E-state index in [1.54, 1.807) is 0 Å². The van der Waals surface area contributed by atoms with Crippen LogP contribution in [0.4, 0.5) is 8.78 Å². The summed E-state index contributed by atoms with van der Waals surface area (Å²) in [4.78, 5) is 48.9. The molecule has 3 saturated carbocycles. The molecule has 0 spiro atoms. The predicted molar refractivity (Wildman–Crippen MR) is 134 cm³/mol. The van der Waals surface area contributed by atoms with E-state index in [0.717, 1.165) is 6.08 Å². The number of aliphatic hydroxyl groups is 1. The first-order valence-electron chi connectivity index (χ1n) is 13.3. The molecular formula is C28H34F2O7S. The van der Waals surface area contributed by atoms with Gasteiger partial charge in [0.25, 0.3) is 0 Å². The highest BCUT2D eigenvalue weighted by molar-refractivity contribution is 7.96. The largest absolute Gasteiger partial charge is 0.465 e. The maximum Gasteiger partial charge on any atom is 0.313 e. The molecule has 0 amide bonds. The number of ether oxygens (including phenoxy) is 2. The summed E-state index contributed by atoms with van der Waals surface area (Å²) in [6, 6.07) is 0. The molecule has 4 unspecified atom stereocenters. The van der Waals surface area contributed by atoms with Crippen LogP contribution in [0.5, 0.6) is 0 Å².